The van der Waals surface area contributed by atoms with Gasteiger partial charge in [-0.1, -0.05) is 96.0 Å². The minimum absolute atomic E-state index is 0.135. The molecule has 0 radical (unpaired) electrons. The summed E-state index contributed by atoms with van der Waals surface area (Å²) in [6.45, 7) is 4.52. The number of aromatic nitrogens is 2. The normalized spacial score (nSPS) is 15.2. The Bertz CT molecular complexity index is 1830. The second-order valence-corrected chi connectivity index (χ2v) is 11.8. The highest BCUT2D eigenvalue weighted by molar-refractivity contribution is 8.19. The molecule has 42 heavy (non-hydrogen) atoms. The zero-order valence-electron chi connectivity index (χ0n) is 23.0. The molecule has 0 unspecified atom stereocenters. The highest BCUT2D eigenvalue weighted by Crippen LogP contribution is 2.39. The van der Waals surface area contributed by atoms with Crippen molar-refractivity contribution in [2.45, 2.75) is 20.4 Å². The highest BCUT2D eigenvalue weighted by atomic mass is 35.5. The van der Waals surface area contributed by atoms with Crippen molar-refractivity contribution in [1.82, 2.24) is 9.78 Å². The fraction of sp³-hybridized carbons (Fsp3) is 0.0882. The van der Waals surface area contributed by atoms with E-state index in [2.05, 4.69) is 0 Å². The number of amidine groups is 1. The standard InChI is InChI=1S/C34H26Cl2N4OS/c1-22-10-9-11-23(2)31(22)37-34-40(28-14-7-4-8-15-28)33(41)30(42-34)18-26-21-39(20-25-16-17-27(35)19-29(25)36)38-32(26)24-12-5-3-6-13-24/h3-19,21H,20H2,1-2H3/b30-18-,37-34?. The summed E-state index contributed by atoms with van der Waals surface area (Å²) in [6, 6.07) is 31.1. The average Bonchev–Trinajstić information content (AvgIpc) is 3.53. The molecule has 5 nitrogen and oxygen atoms in total. The van der Waals surface area contributed by atoms with E-state index in [1.54, 1.807) is 11.0 Å². The number of anilines is 1. The summed E-state index contributed by atoms with van der Waals surface area (Å²) in [5.41, 5.74) is 7.17. The third kappa shape index (κ3) is 5.79. The maximum absolute atomic E-state index is 14.0. The molecule has 4 aromatic carbocycles. The summed E-state index contributed by atoms with van der Waals surface area (Å²) in [5.74, 6) is -0.135. The van der Waals surface area contributed by atoms with Gasteiger partial charge < -0.3 is 0 Å². The second-order valence-electron chi connectivity index (χ2n) is 9.95. The van der Waals surface area contributed by atoms with Crippen LogP contribution in [-0.2, 0) is 11.3 Å². The van der Waals surface area contributed by atoms with Crippen molar-refractivity contribution in [3.8, 4) is 11.3 Å². The lowest BCUT2D eigenvalue weighted by molar-refractivity contribution is -0.113. The van der Waals surface area contributed by atoms with E-state index in [0.717, 1.165) is 44.9 Å². The molecule has 1 aliphatic rings. The van der Waals surface area contributed by atoms with Gasteiger partial charge in [0, 0.05) is 27.4 Å². The van der Waals surface area contributed by atoms with Gasteiger partial charge in [0.25, 0.3) is 5.91 Å². The topological polar surface area (TPSA) is 50.5 Å². The summed E-state index contributed by atoms with van der Waals surface area (Å²) < 4.78 is 1.84. The number of amides is 1. The number of para-hydroxylation sites is 2. The van der Waals surface area contributed by atoms with Crippen LogP contribution in [0.15, 0.2) is 113 Å². The number of benzene rings is 4. The van der Waals surface area contributed by atoms with E-state index in [0.29, 0.717) is 26.7 Å². The van der Waals surface area contributed by atoms with E-state index in [-0.39, 0.29) is 5.91 Å². The number of hydrogen-bond acceptors (Lipinski definition) is 4. The number of hydrogen-bond donors (Lipinski definition) is 0. The van der Waals surface area contributed by atoms with Gasteiger partial charge in [0.05, 0.1) is 28.5 Å². The number of rotatable bonds is 6. The Labute approximate surface area is 259 Å². The smallest absolute Gasteiger partial charge is 0.268 e. The molecule has 0 atom stereocenters. The molecule has 1 fully saturated rings. The Balaban J connectivity index is 1.44. The molecule has 0 bridgehead atoms. The molecule has 1 aromatic heterocycles. The summed E-state index contributed by atoms with van der Waals surface area (Å²) in [7, 11) is 0. The molecule has 0 aliphatic carbocycles. The zero-order valence-corrected chi connectivity index (χ0v) is 25.3. The molecule has 0 saturated carbocycles. The Hall–Kier alpha value is -4.10. The molecule has 1 saturated heterocycles. The monoisotopic (exact) mass is 608 g/mol. The molecular formula is C34H26Cl2N4OS. The molecular weight excluding hydrogens is 583 g/mol. The summed E-state index contributed by atoms with van der Waals surface area (Å²) in [5, 5.41) is 6.67. The maximum Gasteiger partial charge on any atom is 0.271 e. The van der Waals surface area contributed by atoms with Gasteiger partial charge in [0.15, 0.2) is 5.17 Å². The van der Waals surface area contributed by atoms with Crippen LogP contribution < -0.4 is 4.90 Å². The third-order valence-corrected chi connectivity index (χ3v) is 8.49. The van der Waals surface area contributed by atoms with Crippen molar-refractivity contribution in [3.63, 3.8) is 0 Å². The average molecular weight is 610 g/mol. The Kier molecular flexibility index (Phi) is 8.02. The largest absolute Gasteiger partial charge is 0.271 e. The van der Waals surface area contributed by atoms with Gasteiger partial charge in [-0.3, -0.25) is 14.4 Å². The van der Waals surface area contributed by atoms with Crippen LogP contribution in [0.3, 0.4) is 0 Å². The van der Waals surface area contributed by atoms with Crippen LogP contribution in [0.2, 0.25) is 10.0 Å². The molecule has 8 heteroatoms. The maximum atomic E-state index is 14.0. The van der Waals surface area contributed by atoms with Crippen molar-refractivity contribution < 1.29 is 4.79 Å². The predicted octanol–water partition coefficient (Wildman–Crippen LogP) is 9.33. The summed E-state index contributed by atoms with van der Waals surface area (Å²) in [6.07, 6.45) is 3.85. The van der Waals surface area contributed by atoms with Crippen LogP contribution >= 0.6 is 35.0 Å². The quantitative estimate of drug-likeness (QED) is 0.180. The van der Waals surface area contributed by atoms with Gasteiger partial charge in [-0.25, -0.2) is 4.99 Å². The van der Waals surface area contributed by atoms with Crippen molar-refractivity contribution in [1.29, 1.82) is 0 Å². The molecule has 0 spiro atoms. The van der Waals surface area contributed by atoms with Crippen LogP contribution in [0.4, 0.5) is 11.4 Å². The Morgan fingerprint density at radius 3 is 2.26 bits per heavy atom. The van der Waals surface area contributed by atoms with Gasteiger partial charge in [0.2, 0.25) is 0 Å². The van der Waals surface area contributed by atoms with Gasteiger partial charge in [-0.2, -0.15) is 5.10 Å². The zero-order chi connectivity index (χ0) is 29.2. The van der Waals surface area contributed by atoms with E-state index < -0.39 is 0 Å². The number of aryl methyl sites for hydroxylation is 2. The number of thioether (sulfide) groups is 1. The number of nitrogens with zero attached hydrogens (tertiary/aromatic N) is 4. The lowest BCUT2D eigenvalue weighted by Gasteiger charge is -2.16. The first-order chi connectivity index (χ1) is 20.4. The lowest BCUT2D eigenvalue weighted by atomic mass is 10.1. The van der Waals surface area contributed by atoms with E-state index in [1.807, 2.05) is 122 Å². The van der Waals surface area contributed by atoms with Crippen LogP contribution in [0, 0.1) is 13.8 Å². The Morgan fingerprint density at radius 2 is 1.57 bits per heavy atom. The van der Waals surface area contributed by atoms with Gasteiger partial charge >= 0.3 is 0 Å². The number of halogens is 2. The first-order valence-electron chi connectivity index (χ1n) is 13.4. The molecule has 5 aromatic rings. The summed E-state index contributed by atoms with van der Waals surface area (Å²) >= 11 is 14.0. The summed E-state index contributed by atoms with van der Waals surface area (Å²) in [4.78, 5) is 21.3. The highest BCUT2D eigenvalue weighted by Gasteiger charge is 2.35. The van der Waals surface area contributed by atoms with Crippen molar-refractivity contribution in [3.05, 3.63) is 140 Å². The second kappa shape index (κ2) is 12.0. The lowest BCUT2D eigenvalue weighted by Crippen LogP contribution is -2.28. The third-order valence-electron chi connectivity index (χ3n) is 6.94. The minimum atomic E-state index is -0.135. The van der Waals surface area contributed by atoms with Gasteiger partial charge in [-0.15, -0.1) is 0 Å². The fourth-order valence-electron chi connectivity index (χ4n) is 4.84. The van der Waals surface area contributed by atoms with Gasteiger partial charge in [-0.05, 0) is 72.6 Å². The number of carbonyl (C=O) groups is 1. The first-order valence-corrected chi connectivity index (χ1v) is 15.0. The molecule has 1 aliphatic heterocycles. The van der Waals surface area contributed by atoms with Crippen LogP contribution in [-0.4, -0.2) is 20.9 Å². The molecule has 6 rings (SSSR count). The number of aliphatic imine (C=N–C) groups is 1. The minimum Gasteiger partial charge on any atom is -0.268 e. The van der Waals surface area contributed by atoms with E-state index in [1.165, 1.54) is 11.8 Å². The SMILES string of the molecule is Cc1cccc(C)c1N=C1S/C(=C\c2cn(Cc3ccc(Cl)cc3Cl)nc2-c2ccccc2)C(=O)N1c1ccccc1. The van der Waals surface area contributed by atoms with Crippen LogP contribution in [0.1, 0.15) is 22.3 Å². The molecule has 0 N–H and O–H groups in total. The van der Waals surface area contributed by atoms with Crippen molar-refractivity contribution in [2.24, 2.45) is 4.99 Å². The predicted molar refractivity (Wildman–Crippen MR) is 176 cm³/mol. The Morgan fingerprint density at radius 1 is 0.881 bits per heavy atom. The fourth-order valence-corrected chi connectivity index (χ4v) is 6.29. The van der Waals surface area contributed by atoms with Gasteiger partial charge in [0.1, 0.15) is 0 Å². The molecule has 208 valence electrons. The van der Waals surface area contributed by atoms with E-state index >= 15 is 0 Å². The van der Waals surface area contributed by atoms with Crippen molar-refractivity contribution in [2.75, 3.05) is 4.90 Å². The van der Waals surface area contributed by atoms with Crippen LogP contribution in [0.5, 0.6) is 0 Å². The van der Waals surface area contributed by atoms with Crippen LogP contribution in [0.25, 0.3) is 17.3 Å². The van der Waals surface area contributed by atoms with E-state index in [9.17, 15) is 4.79 Å². The molecule has 1 amide bonds. The van der Waals surface area contributed by atoms with E-state index in [4.69, 9.17) is 33.3 Å². The molecule has 2 heterocycles. The first kappa shape index (κ1) is 28.0. The van der Waals surface area contributed by atoms with Crippen molar-refractivity contribution >= 4 is 63.5 Å². The number of carbonyl (C=O) groups excluding carboxylic acids is 1.